The second-order valence-corrected chi connectivity index (χ2v) is 3.60. The minimum Gasteiger partial charge on any atom is -0.404 e. The Kier molecular flexibility index (Phi) is 4.84. The van der Waals surface area contributed by atoms with E-state index in [4.69, 9.17) is 11.6 Å². The molecule has 0 radical (unpaired) electrons. The Morgan fingerprint density at radius 3 is 2.65 bits per heavy atom. The SMILES string of the molecule is CNCC=Cc1ccc(OC(F)(F)F)c(Cl)c1. The maximum absolute atomic E-state index is 12.0. The van der Waals surface area contributed by atoms with Crippen molar-refractivity contribution in [2.75, 3.05) is 13.6 Å². The summed E-state index contributed by atoms with van der Waals surface area (Å²) in [6.07, 6.45) is -1.15. The van der Waals surface area contributed by atoms with Crippen LogP contribution < -0.4 is 10.1 Å². The van der Waals surface area contributed by atoms with E-state index in [0.717, 1.165) is 0 Å². The molecule has 0 saturated carbocycles. The van der Waals surface area contributed by atoms with Gasteiger partial charge < -0.3 is 10.1 Å². The van der Waals surface area contributed by atoms with E-state index in [9.17, 15) is 13.2 Å². The standard InChI is InChI=1S/C11H11ClF3NO/c1-16-6-2-3-8-4-5-10(9(12)7-8)17-11(13,14)15/h2-5,7,16H,6H2,1H3. The van der Waals surface area contributed by atoms with Gasteiger partial charge in [0.2, 0.25) is 0 Å². The van der Waals surface area contributed by atoms with Crippen LogP contribution >= 0.6 is 11.6 Å². The van der Waals surface area contributed by atoms with Gasteiger partial charge in [-0.3, -0.25) is 0 Å². The van der Waals surface area contributed by atoms with E-state index in [1.807, 2.05) is 6.08 Å². The number of likely N-dealkylation sites (N-methyl/N-ethyl adjacent to an activating group) is 1. The molecule has 1 rings (SSSR count). The summed E-state index contributed by atoms with van der Waals surface area (Å²) in [7, 11) is 1.79. The fourth-order valence-corrected chi connectivity index (χ4v) is 1.37. The quantitative estimate of drug-likeness (QED) is 0.900. The van der Waals surface area contributed by atoms with Crippen molar-refractivity contribution in [1.82, 2.24) is 5.32 Å². The molecular weight excluding hydrogens is 255 g/mol. The van der Waals surface area contributed by atoms with Crippen LogP contribution in [0.4, 0.5) is 13.2 Å². The lowest BCUT2D eigenvalue weighted by atomic mass is 10.2. The summed E-state index contributed by atoms with van der Waals surface area (Å²) in [5.74, 6) is -0.398. The predicted octanol–water partition coefficient (Wildman–Crippen LogP) is 3.47. The van der Waals surface area contributed by atoms with E-state index >= 15 is 0 Å². The third-order valence-electron chi connectivity index (χ3n) is 1.81. The summed E-state index contributed by atoms with van der Waals surface area (Å²) in [5, 5.41) is 2.83. The van der Waals surface area contributed by atoms with Gasteiger partial charge in [-0.25, -0.2) is 0 Å². The molecule has 1 aromatic carbocycles. The van der Waals surface area contributed by atoms with Crippen LogP contribution in [0.25, 0.3) is 6.08 Å². The van der Waals surface area contributed by atoms with E-state index < -0.39 is 12.1 Å². The first-order valence-electron chi connectivity index (χ1n) is 4.79. The van der Waals surface area contributed by atoms with E-state index in [2.05, 4.69) is 10.1 Å². The van der Waals surface area contributed by atoms with Crippen LogP contribution in [0, 0.1) is 0 Å². The minimum atomic E-state index is -4.73. The second kappa shape index (κ2) is 5.93. The molecule has 1 aromatic rings. The number of rotatable bonds is 4. The predicted molar refractivity (Wildman–Crippen MR) is 61.1 cm³/mol. The molecule has 0 unspecified atom stereocenters. The molecule has 0 heterocycles. The number of hydrogen-bond donors (Lipinski definition) is 1. The van der Waals surface area contributed by atoms with Gasteiger partial charge in [0.05, 0.1) is 5.02 Å². The Bertz CT molecular complexity index is 404. The van der Waals surface area contributed by atoms with Crippen molar-refractivity contribution in [3.05, 3.63) is 34.9 Å². The molecule has 0 aliphatic rings. The third-order valence-corrected chi connectivity index (χ3v) is 2.11. The van der Waals surface area contributed by atoms with Crippen LogP contribution in [-0.2, 0) is 0 Å². The summed E-state index contributed by atoms with van der Waals surface area (Å²) >= 11 is 5.67. The number of alkyl halides is 3. The van der Waals surface area contributed by atoms with Crippen molar-refractivity contribution >= 4 is 17.7 Å². The van der Waals surface area contributed by atoms with Gasteiger partial charge in [0, 0.05) is 6.54 Å². The first-order chi connectivity index (χ1) is 7.92. The van der Waals surface area contributed by atoms with E-state index in [1.165, 1.54) is 18.2 Å². The summed E-state index contributed by atoms with van der Waals surface area (Å²) in [4.78, 5) is 0. The van der Waals surface area contributed by atoms with Gasteiger partial charge in [0.15, 0.2) is 0 Å². The maximum Gasteiger partial charge on any atom is 0.573 e. The normalized spacial score (nSPS) is 12.1. The Balaban J connectivity index is 2.79. The smallest absolute Gasteiger partial charge is 0.404 e. The number of halogens is 4. The lowest BCUT2D eigenvalue weighted by Gasteiger charge is -2.10. The largest absolute Gasteiger partial charge is 0.573 e. The topological polar surface area (TPSA) is 21.3 Å². The van der Waals surface area contributed by atoms with Gasteiger partial charge >= 0.3 is 6.36 Å². The van der Waals surface area contributed by atoms with Crippen molar-refractivity contribution in [2.24, 2.45) is 0 Å². The summed E-state index contributed by atoms with van der Waals surface area (Å²) in [6.45, 7) is 0.665. The van der Waals surface area contributed by atoms with E-state index in [-0.39, 0.29) is 5.02 Å². The molecule has 94 valence electrons. The van der Waals surface area contributed by atoms with Gasteiger partial charge in [-0.1, -0.05) is 29.8 Å². The Morgan fingerprint density at radius 2 is 2.12 bits per heavy atom. The zero-order chi connectivity index (χ0) is 12.9. The Hall–Kier alpha value is -1.20. The molecule has 1 N–H and O–H groups in total. The van der Waals surface area contributed by atoms with Crippen molar-refractivity contribution in [2.45, 2.75) is 6.36 Å². The van der Waals surface area contributed by atoms with Crippen LogP contribution in [0.15, 0.2) is 24.3 Å². The summed E-state index contributed by atoms with van der Waals surface area (Å²) < 4.78 is 39.6. The molecule has 0 aliphatic carbocycles. The summed E-state index contributed by atoms with van der Waals surface area (Å²) in [6, 6.07) is 4.10. The van der Waals surface area contributed by atoms with Crippen LogP contribution in [0.1, 0.15) is 5.56 Å². The van der Waals surface area contributed by atoms with Crippen molar-refractivity contribution in [1.29, 1.82) is 0 Å². The molecular formula is C11H11ClF3NO. The second-order valence-electron chi connectivity index (χ2n) is 3.20. The molecule has 17 heavy (non-hydrogen) atoms. The van der Waals surface area contributed by atoms with Crippen molar-refractivity contribution < 1.29 is 17.9 Å². The number of benzene rings is 1. The van der Waals surface area contributed by atoms with Crippen LogP contribution in [0.3, 0.4) is 0 Å². The van der Waals surface area contributed by atoms with Gasteiger partial charge in [-0.2, -0.15) is 0 Å². The molecule has 2 nitrogen and oxygen atoms in total. The number of hydrogen-bond acceptors (Lipinski definition) is 2. The van der Waals surface area contributed by atoms with Crippen molar-refractivity contribution in [3.8, 4) is 5.75 Å². The molecule has 0 atom stereocenters. The van der Waals surface area contributed by atoms with Crippen LogP contribution in [0.5, 0.6) is 5.75 Å². The zero-order valence-corrected chi connectivity index (χ0v) is 9.77. The van der Waals surface area contributed by atoms with Crippen LogP contribution in [0.2, 0.25) is 5.02 Å². The molecule has 0 amide bonds. The maximum atomic E-state index is 12.0. The molecule has 0 aliphatic heterocycles. The summed E-state index contributed by atoms with van der Waals surface area (Å²) in [5.41, 5.74) is 0.708. The fraction of sp³-hybridized carbons (Fsp3) is 0.273. The van der Waals surface area contributed by atoms with E-state index in [1.54, 1.807) is 13.1 Å². The minimum absolute atomic E-state index is 0.0751. The van der Waals surface area contributed by atoms with E-state index in [0.29, 0.717) is 12.1 Å². The first kappa shape index (κ1) is 13.9. The monoisotopic (exact) mass is 265 g/mol. The number of ether oxygens (including phenoxy) is 1. The van der Waals surface area contributed by atoms with Gasteiger partial charge in [0.1, 0.15) is 5.75 Å². The Labute approximate surface area is 102 Å². The van der Waals surface area contributed by atoms with Gasteiger partial charge in [-0.05, 0) is 24.7 Å². The highest BCUT2D eigenvalue weighted by molar-refractivity contribution is 6.32. The van der Waals surface area contributed by atoms with Crippen molar-refractivity contribution in [3.63, 3.8) is 0 Å². The van der Waals surface area contributed by atoms with Crippen LogP contribution in [-0.4, -0.2) is 20.0 Å². The first-order valence-corrected chi connectivity index (χ1v) is 5.16. The molecule has 0 spiro atoms. The van der Waals surface area contributed by atoms with Gasteiger partial charge in [0.25, 0.3) is 0 Å². The fourth-order valence-electron chi connectivity index (χ4n) is 1.14. The molecule has 0 fully saturated rings. The zero-order valence-electron chi connectivity index (χ0n) is 9.01. The number of nitrogens with one attached hydrogen (secondary N) is 1. The highest BCUT2D eigenvalue weighted by Gasteiger charge is 2.31. The highest BCUT2D eigenvalue weighted by Crippen LogP contribution is 2.30. The lowest BCUT2D eigenvalue weighted by molar-refractivity contribution is -0.274. The Morgan fingerprint density at radius 1 is 1.41 bits per heavy atom. The average molecular weight is 266 g/mol. The molecule has 0 saturated heterocycles. The lowest BCUT2D eigenvalue weighted by Crippen LogP contribution is -2.17. The third kappa shape index (κ3) is 5.10. The molecule has 0 aromatic heterocycles. The molecule has 0 bridgehead atoms. The van der Waals surface area contributed by atoms with Gasteiger partial charge in [-0.15, -0.1) is 13.2 Å². The average Bonchev–Trinajstić information content (AvgIpc) is 2.21. The highest BCUT2D eigenvalue weighted by atomic mass is 35.5. The molecule has 6 heteroatoms.